The van der Waals surface area contributed by atoms with E-state index in [9.17, 15) is 4.79 Å². The van der Waals surface area contributed by atoms with Gasteiger partial charge in [-0.25, -0.2) is 0 Å². The lowest BCUT2D eigenvalue weighted by Gasteiger charge is -2.61. The van der Waals surface area contributed by atoms with Crippen molar-refractivity contribution < 1.29 is 19.0 Å². The molecule has 2 heterocycles. The van der Waals surface area contributed by atoms with Crippen LogP contribution >= 0.6 is 0 Å². The van der Waals surface area contributed by atoms with Gasteiger partial charge >= 0.3 is 5.97 Å². The first-order valence-electron chi connectivity index (χ1n) is 15.2. The summed E-state index contributed by atoms with van der Waals surface area (Å²) in [6, 6.07) is 0. The third-order valence-corrected chi connectivity index (χ3v) is 12.6. The van der Waals surface area contributed by atoms with Crippen LogP contribution in [0.4, 0.5) is 0 Å². The SMILES string of the molecule is CCCC(=O)OC1CC[C@]2(C)C3CC[C@@]4(C)C(CC5O[C@]6(CCC(C)CO6)[C@@H](C)C54)C3CC[C@H]2C1. The minimum atomic E-state index is -0.302. The van der Waals surface area contributed by atoms with E-state index >= 15 is 0 Å². The van der Waals surface area contributed by atoms with Crippen LogP contribution < -0.4 is 0 Å². The van der Waals surface area contributed by atoms with E-state index in [1.807, 2.05) is 0 Å². The van der Waals surface area contributed by atoms with Crippen LogP contribution in [0, 0.1) is 52.3 Å². The Balaban J connectivity index is 1.17. The summed E-state index contributed by atoms with van der Waals surface area (Å²) in [5.41, 5.74) is 0.823. The Morgan fingerprint density at radius 1 is 0.943 bits per heavy atom. The molecule has 35 heavy (non-hydrogen) atoms. The van der Waals surface area contributed by atoms with Gasteiger partial charge in [0.15, 0.2) is 5.79 Å². The third kappa shape index (κ3) is 3.69. The molecule has 4 heteroatoms. The Labute approximate surface area is 213 Å². The minimum absolute atomic E-state index is 0.0176. The smallest absolute Gasteiger partial charge is 0.306 e. The number of fused-ring (bicyclic) bond motifs is 7. The molecule has 2 aliphatic heterocycles. The maximum Gasteiger partial charge on any atom is 0.306 e. The molecule has 7 unspecified atom stereocenters. The van der Waals surface area contributed by atoms with Crippen LogP contribution in [0.3, 0.4) is 0 Å². The number of rotatable bonds is 3. The van der Waals surface area contributed by atoms with Gasteiger partial charge in [-0.15, -0.1) is 0 Å². The van der Waals surface area contributed by atoms with Gasteiger partial charge in [-0.1, -0.05) is 34.6 Å². The van der Waals surface area contributed by atoms with Gasteiger partial charge < -0.3 is 14.2 Å². The molecule has 0 bridgehead atoms. The van der Waals surface area contributed by atoms with Crippen molar-refractivity contribution in [3.05, 3.63) is 0 Å². The molecule has 4 saturated carbocycles. The van der Waals surface area contributed by atoms with E-state index in [0.29, 0.717) is 41.1 Å². The molecule has 6 fully saturated rings. The van der Waals surface area contributed by atoms with E-state index in [-0.39, 0.29) is 17.9 Å². The van der Waals surface area contributed by atoms with Crippen molar-refractivity contribution in [1.29, 1.82) is 0 Å². The lowest BCUT2D eigenvalue weighted by atomic mass is 9.44. The molecule has 12 atom stereocenters. The molecule has 0 aromatic heterocycles. The van der Waals surface area contributed by atoms with Crippen molar-refractivity contribution in [2.24, 2.45) is 52.3 Å². The van der Waals surface area contributed by atoms with Crippen LogP contribution in [-0.4, -0.2) is 30.6 Å². The summed E-state index contributed by atoms with van der Waals surface area (Å²) in [6.07, 6.45) is 14.4. The Bertz CT molecular complexity index is 817. The zero-order chi connectivity index (χ0) is 24.6. The number of hydrogen-bond donors (Lipinski definition) is 0. The van der Waals surface area contributed by atoms with Crippen molar-refractivity contribution in [3.63, 3.8) is 0 Å². The average Bonchev–Trinajstić information content (AvgIpc) is 3.26. The minimum Gasteiger partial charge on any atom is -0.462 e. The normalized spacial score (nSPS) is 55.1. The first-order chi connectivity index (χ1) is 16.7. The topological polar surface area (TPSA) is 44.8 Å². The summed E-state index contributed by atoms with van der Waals surface area (Å²) in [7, 11) is 0. The molecule has 4 nitrogen and oxygen atoms in total. The van der Waals surface area contributed by atoms with Crippen molar-refractivity contribution in [2.75, 3.05) is 6.61 Å². The first kappa shape index (κ1) is 24.7. The maximum absolute atomic E-state index is 12.1. The molecule has 198 valence electrons. The predicted octanol–water partition coefficient (Wildman–Crippen LogP) is 7.14. The van der Waals surface area contributed by atoms with Crippen LogP contribution in [0.25, 0.3) is 0 Å². The molecule has 0 amide bonds. The second-order valence-corrected chi connectivity index (χ2v) is 14.3. The number of carbonyl (C=O) groups excluding carboxylic acids is 1. The molecule has 0 aromatic rings. The molecule has 2 saturated heterocycles. The zero-order valence-electron chi connectivity index (χ0n) is 23.0. The summed E-state index contributed by atoms with van der Waals surface area (Å²) in [6.45, 7) is 12.9. The Kier molecular flexibility index (Phi) is 6.15. The second-order valence-electron chi connectivity index (χ2n) is 14.3. The fourth-order valence-electron chi connectivity index (χ4n) is 10.8. The molecule has 0 aromatic carbocycles. The fraction of sp³-hybridized carbons (Fsp3) is 0.968. The van der Waals surface area contributed by atoms with E-state index in [1.165, 1.54) is 44.9 Å². The molecule has 0 N–H and O–H groups in total. The van der Waals surface area contributed by atoms with Gasteiger partial charge in [0, 0.05) is 18.8 Å². The van der Waals surface area contributed by atoms with E-state index in [1.54, 1.807) is 0 Å². The molecule has 0 radical (unpaired) electrons. The van der Waals surface area contributed by atoms with Gasteiger partial charge in [0.2, 0.25) is 0 Å². The summed E-state index contributed by atoms with van der Waals surface area (Å²) in [4.78, 5) is 12.1. The maximum atomic E-state index is 12.1. The van der Waals surface area contributed by atoms with Crippen molar-refractivity contribution in [2.45, 2.75) is 130 Å². The standard InChI is InChI=1S/C31H50O4/c1-6-7-27(32)34-22-11-13-29(4)21(16-22)8-9-23-24(29)12-14-30(5)25(23)17-26-28(30)20(3)31(35-26)15-10-19(2)18-33-31/h19-26,28H,6-18H2,1-5H3/t19?,20-,21-,22?,23?,24?,25?,26?,28?,29-,30-,31+/m0/s1. The number of hydrogen-bond acceptors (Lipinski definition) is 4. The lowest BCUT2D eigenvalue weighted by Crippen LogP contribution is -2.55. The number of carbonyl (C=O) groups is 1. The highest BCUT2D eigenvalue weighted by molar-refractivity contribution is 5.69. The van der Waals surface area contributed by atoms with Crippen LogP contribution in [-0.2, 0) is 19.0 Å². The summed E-state index contributed by atoms with van der Waals surface area (Å²) in [5.74, 6) is 4.74. The first-order valence-corrected chi connectivity index (χ1v) is 15.2. The van der Waals surface area contributed by atoms with Gasteiger partial charge in [0.1, 0.15) is 6.10 Å². The van der Waals surface area contributed by atoms with E-state index in [2.05, 4.69) is 34.6 Å². The van der Waals surface area contributed by atoms with E-state index < -0.39 is 0 Å². The number of ether oxygens (including phenoxy) is 3. The average molecular weight is 487 g/mol. The van der Waals surface area contributed by atoms with Crippen molar-refractivity contribution >= 4 is 5.97 Å². The largest absolute Gasteiger partial charge is 0.462 e. The van der Waals surface area contributed by atoms with E-state index in [4.69, 9.17) is 14.2 Å². The quantitative estimate of drug-likeness (QED) is 0.398. The van der Waals surface area contributed by atoms with Crippen molar-refractivity contribution in [3.8, 4) is 0 Å². The highest BCUT2D eigenvalue weighted by Crippen LogP contribution is 2.71. The fourth-order valence-corrected chi connectivity index (χ4v) is 10.8. The lowest BCUT2D eigenvalue weighted by molar-refractivity contribution is -0.273. The number of esters is 1. The Morgan fingerprint density at radius 2 is 1.74 bits per heavy atom. The van der Waals surface area contributed by atoms with Gasteiger partial charge in [0.25, 0.3) is 0 Å². The summed E-state index contributed by atoms with van der Waals surface area (Å²) < 4.78 is 19.3. The molecule has 4 aliphatic carbocycles. The zero-order valence-corrected chi connectivity index (χ0v) is 23.0. The summed E-state index contributed by atoms with van der Waals surface area (Å²) >= 11 is 0. The van der Waals surface area contributed by atoms with Crippen LogP contribution in [0.1, 0.15) is 112 Å². The molecule has 1 spiro atoms. The third-order valence-electron chi connectivity index (χ3n) is 12.6. The van der Waals surface area contributed by atoms with Gasteiger partial charge in [-0.05, 0) is 111 Å². The molecule has 6 rings (SSSR count). The van der Waals surface area contributed by atoms with Gasteiger partial charge in [0.05, 0.1) is 12.7 Å². The van der Waals surface area contributed by atoms with Crippen LogP contribution in [0.5, 0.6) is 0 Å². The highest BCUT2D eigenvalue weighted by atomic mass is 16.7. The molecular formula is C31H50O4. The second kappa shape index (κ2) is 8.72. The summed E-state index contributed by atoms with van der Waals surface area (Å²) in [5, 5.41) is 0. The molecule has 6 aliphatic rings. The van der Waals surface area contributed by atoms with Crippen LogP contribution in [0.15, 0.2) is 0 Å². The predicted molar refractivity (Wildman–Crippen MR) is 137 cm³/mol. The van der Waals surface area contributed by atoms with E-state index in [0.717, 1.165) is 56.0 Å². The van der Waals surface area contributed by atoms with Crippen LogP contribution in [0.2, 0.25) is 0 Å². The van der Waals surface area contributed by atoms with Gasteiger partial charge in [-0.2, -0.15) is 0 Å². The highest BCUT2D eigenvalue weighted by Gasteiger charge is 2.69. The monoisotopic (exact) mass is 486 g/mol. The Morgan fingerprint density at radius 3 is 2.49 bits per heavy atom. The van der Waals surface area contributed by atoms with Crippen molar-refractivity contribution in [1.82, 2.24) is 0 Å². The Hall–Kier alpha value is -0.610. The van der Waals surface area contributed by atoms with Gasteiger partial charge in [-0.3, -0.25) is 4.79 Å². The molecular weight excluding hydrogens is 436 g/mol.